The molecule has 0 aliphatic carbocycles. The van der Waals surface area contributed by atoms with E-state index >= 15 is 0 Å². The number of thiophene rings is 1. The molecule has 0 N–H and O–H groups in total. The number of likely N-dealkylation sites (tertiary alicyclic amines) is 1. The lowest BCUT2D eigenvalue weighted by molar-refractivity contribution is 0.208. The molecule has 1 aliphatic heterocycles. The van der Waals surface area contributed by atoms with Crippen molar-refractivity contribution in [2.24, 2.45) is 0 Å². The molecule has 0 bridgehead atoms. The molecule has 1 aliphatic rings. The maximum absolute atomic E-state index is 5.98. The molecule has 0 radical (unpaired) electrons. The van der Waals surface area contributed by atoms with Crippen molar-refractivity contribution in [2.75, 3.05) is 20.1 Å². The van der Waals surface area contributed by atoms with Crippen molar-refractivity contribution >= 4 is 11.3 Å². The van der Waals surface area contributed by atoms with Crippen LogP contribution in [0.5, 0.6) is 5.75 Å². The van der Waals surface area contributed by atoms with Gasteiger partial charge in [-0.1, -0.05) is 6.07 Å². The van der Waals surface area contributed by atoms with Crippen LogP contribution in [0.1, 0.15) is 6.42 Å². The van der Waals surface area contributed by atoms with Crippen LogP contribution in [0.2, 0.25) is 0 Å². The van der Waals surface area contributed by atoms with E-state index in [2.05, 4.69) is 53.7 Å². The van der Waals surface area contributed by atoms with Gasteiger partial charge in [0.25, 0.3) is 0 Å². The molecular formula is C15H17NOS. The summed E-state index contributed by atoms with van der Waals surface area (Å²) in [6.45, 7) is 2.17. The summed E-state index contributed by atoms with van der Waals surface area (Å²) in [6.07, 6.45) is 1.48. The highest BCUT2D eigenvalue weighted by atomic mass is 32.1. The van der Waals surface area contributed by atoms with Gasteiger partial charge in [-0.25, -0.2) is 0 Å². The normalized spacial score (nSPS) is 20.2. The number of rotatable bonds is 3. The van der Waals surface area contributed by atoms with Gasteiger partial charge in [-0.05, 0) is 54.7 Å². The van der Waals surface area contributed by atoms with E-state index in [1.165, 1.54) is 10.4 Å². The summed E-state index contributed by atoms with van der Waals surface area (Å²) in [5.74, 6) is 0.982. The van der Waals surface area contributed by atoms with Crippen LogP contribution in [0.4, 0.5) is 0 Å². The summed E-state index contributed by atoms with van der Waals surface area (Å²) in [5, 5.41) is 2.11. The predicted octanol–water partition coefficient (Wildman–Crippen LogP) is 3.50. The van der Waals surface area contributed by atoms with Crippen molar-refractivity contribution in [3.63, 3.8) is 0 Å². The Bertz CT molecular complexity index is 492. The lowest BCUT2D eigenvalue weighted by atomic mass is 10.2. The predicted molar refractivity (Wildman–Crippen MR) is 76.3 cm³/mol. The molecule has 2 aromatic rings. The molecule has 0 spiro atoms. The van der Waals surface area contributed by atoms with E-state index in [1.807, 2.05) is 0 Å². The Labute approximate surface area is 112 Å². The molecule has 1 saturated heterocycles. The standard InChI is InChI=1S/C15H17NOS/c1-16-9-8-14(11-16)17-13-6-4-12(5-7-13)15-3-2-10-18-15/h2-7,10,14H,8-9,11H2,1H3. The molecule has 1 aromatic carbocycles. The second kappa shape index (κ2) is 5.12. The van der Waals surface area contributed by atoms with E-state index in [1.54, 1.807) is 11.3 Å². The monoisotopic (exact) mass is 259 g/mol. The quantitative estimate of drug-likeness (QED) is 0.836. The largest absolute Gasteiger partial charge is 0.489 e. The molecule has 3 rings (SSSR count). The first-order valence-electron chi connectivity index (χ1n) is 6.30. The van der Waals surface area contributed by atoms with Gasteiger partial charge in [-0.3, -0.25) is 0 Å². The molecule has 0 amide bonds. The summed E-state index contributed by atoms with van der Waals surface area (Å²) in [6, 6.07) is 12.7. The number of hydrogen-bond donors (Lipinski definition) is 0. The Morgan fingerprint density at radius 1 is 1.22 bits per heavy atom. The van der Waals surface area contributed by atoms with Gasteiger partial charge in [0, 0.05) is 18.0 Å². The fourth-order valence-corrected chi connectivity index (χ4v) is 3.06. The minimum atomic E-state index is 0.350. The molecule has 1 fully saturated rings. The fraction of sp³-hybridized carbons (Fsp3) is 0.333. The number of nitrogens with zero attached hydrogens (tertiary/aromatic N) is 1. The van der Waals surface area contributed by atoms with Crippen LogP contribution >= 0.6 is 11.3 Å². The second-order valence-corrected chi connectivity index (χ2v) is 5.74. The molecule has 2 heterocycles. The van der Waals surface area contributed by atoms with Crippen LogP contribution in [-0.4, -0.2) is 31.1 Å². The zero-order chi connectivity index (χ0) is 12.4. The Kier molecular flexibility index (Phi) is 3.35. The molecule has 1 aromatic heterocycles. The average Bonchev–Trinajstić information content (AvgIpc) is 3.02. The molecule has 0 saturated carbocycles. The third kappa shape index (κ3) is 2.57. The van der Waals surface area contributed by atoms with E-state index in [4.69, 9.17) is 4.74 Å². The fourth-order valence-electron chi connectivity index (χ4n) is 2.32. The minimum absolute atomic E-state index is 0.350. The molecule has 3 heteroatoms. The van der Waals surface area contributed by atoms with Gasteiger partial charge in [0.05, 0.1) is 0 Å². The first-order valence-corrected chi connectivity index (χ1v) is 7.18. The summed E-state index contributed by atoms with van der Waals surface area (Å²) < 4.78 is 5.98. The minimum Gasteiger partial charge on any atom is -0.489 e. The zero-order valence-electron chi connectivity index (χ0n) is 10.5. The highest BCUT2D eigenvalue weighted by Gasteiger charge is 2.20. The van der Waals surface area contributed by atoms with Crippen LogP contribution in [0, 0.1) is 0 Å². The van der Waals surface area contributed by atoms with Gasteiger partial charge in [0.1, 0.15) is 11.9 Å². The Balaban J connectivity index is 1.68. The number of hydrogen-bond acceptors (Lipinski definition) is 3. The molecule has 94 valence electrons. The van der Waals surface area contributed by atoms with Crippen molar-refractivity contribution in [3.8, 4) is 16.2 Å². The number of ether oxygens (including phenoxy) is 1. The smallest absolute Gasteiger partial charge is 0.119 e. The molecule has 2 nitrogen and oxygen atoms in total. The van der Waals surface area contributed by atoms with Crippen LogP contribution in [0.25, 0.3) is 10.4 Å². The first-order chi connectivity index (χ1) is 8.81. The van der Waals surface area contributed by atoms with Crippen molar-refractivity contribution < 1.29 is 4.74 Å². The topological polar surface area (TPSA) is 12.5 Å². The van der Waals surface area contributed by atoms with Gasteiger partial charge in [-0.15, -0.1) is 11.3 Å². The van der Waals surface area contributed by atoms with Gasteiger partial charge in [-0.2, -0.15) is 0 Å². The summed E-state index contributed by atoms with van der Waals surface area (Å²) in [5.41, 5.74) is 1.26. The van der Waals surface area contributed by atoms with Gasteiger partial charge in [0.2, 0.25) is 0 Å². The maximum atomic E-state index is 5.98. The summed E-state index contributed by atoms with van der Waals surface area (Å²) >= 11 is 1.77. The van der Waals surface area contributed by atoms with Crippen molar-refractivity contribution in [2.45, 2.75) is 12.5 Å². The highest BCUT2D eigenvalue weighted by Crippen LogP contribution is 2.27. The molecule has 1 unspecified atom stereocenters. The van der Waals surface area contributed by atoms with E-state index in [0.717, 1.165) is 25.3 Å². The highest BCUT2D eigenvalue weighted by molar-refractivity contribution is 7.13. The number of benzene rings is 1. The van der Waals surface area contributed by atoms with Crippen LogP contribution in [0.15, 0.2) is 41.8 Å². The Morgan fingerprint density at radius 3 is 2.67 bits per heavy atom. The van der Waals surface area contributed by atoms with E-state index in [9.17, 15) is 0 Å². The Hall–Kier alpha value is -1.32. The third-order valence-corrected chi connectivity index (χ3v) is 4.23. The maximum Gasteiger partial charge on any atom is 0.119 e. The van der Waals surface area contributed by atoms with E-state index in [-0.39, 0.29) is 0 Å². The van der Waals surface area contributed by atoms with Gasteiger partial charge >= 0.3 is 0 Å². The average molecular weight is 259 g/mol. The van der Waals surface area contributed by atoms with Gasteiger partial charge < -0.3 is 9.64 Å². The van der Waals surface area contributed by atoms with Crippen LogP contribution in [-0.2, 0) is 0 Å². The third-order valence-electron chi connectivity index (χ3n) is 3.31. The lowest BCUT2D eigenvalue weighted by Crippen LogP contribution is -2.21. The molecule has 1 atom stereocenters. The second-order valence-electron chi connectivity index (χ2n) is 4.79. The molecular weight excluding hydrogens is 242 g/mol. The SMILES string of the molecule is CN1CCC(Oc2ccc(-c3cccs3)cc2)C1. The van der Waals surface area contributed by atoms with E-state index in [0.29, 0.717) is 6.10 Å². The number of likely N-dealkylation sites (N-methyl/N-ethyl adjacent to an activating group) is 1. The molecule has 18 heavy (non-hydrogen) atoms. The van der Waals surface area contributed by atoms with Crippen LogP contribution < -0.4 is 4.74 Å². The van der Waals surface area contributed by atoms with Crippen LogP contribution in [0.3, 0.4) is 0 Å². The zero-order valence-corrected chi connectivity index (χ0v) is 11.3. The summed E-state index contributed by atoms with van der Waals surface area (Å²) in [4.78, 5) is 3.62. The summed E-state index contributed by atoms with van der Waals surface area (Å²) in [7, 11) is 2.14. The first kappa shape index (κ1) is 11.8. The Morgan fingerprint density at radius 2 is 2.06 bits per heavy atom. The van der Waals surface area contributed by atoms with Crippen molar-refractivity contribution in [1.29, 1.82) is 0 Å². The van der Waals surface area contributed by atoms with Crippen molar-refractivity contribution in [3.05, 3.63) is 41.8 Å². The van der Waals surface area contributed by atoms with E-state index < -0.39 is 0 Å². The van der Waals surface area contributed by atoms with Crippen molar-refractivity contribution in [1.82, 2.24) is 4.90 Å². The lowest BCUT2D eigenvalue weighted by Gasteiger charge is -2.13. The van der Waals surface area contributed by atoms with Gasteiger partial charge in [0.15, 0.2) is 0 Å².